The second-order valence-corrected chi connectivity index (χ2v) is 17.8. The van der Waals surface area contributed by atoms with Crippen molar-refractivity contribution in [3.8, 4) is 22.2 Å². The number of sulfonamides is 1. The molecule has 52 heavy (non-hydrogen) atoms. The molecule has 1 saturated heterocycles. The molecule has 2 aromatic heterocycles. The van der Waals surface area contributed by atoms with E-state index in [1.165, 1.54) is 23.3 Å². The second kappa shape index (κ2) is 13.9. The number of benzene rings is 1. The number of allylic oxidation sites excluding steroid dienone is 1. The zero-order valence-electron chi connectivity index (χ0n) is 29.4. The van der Waals surface area contributed by atoms with E-state index >= 15 is 0 Å². The predicted octanol–water partition coefficient (Wildman–Crippen LogP) is 4.70. The molecule has 5 atom stereocenters. The summed E-state index contributed by atoms with van der Waals surface area (Å²) in [5.41, 5.74) is 0.345. The van der Waals surface area contributed by atoms with Crippen molar-refractivity contribution < 1.29 is 37.0 Å². The van der Waals surface area contributed by atoms with Crippen LogP contribution in [-0.4, -0.2) is 89.8 Å². The highest BCUT2D eigenvalue weighted by Crippen LogP contribution is 2.48. The molecule has 0 spiro atoms. The third-order valence-corrected chi connectivity index (χ3v) is 14.0. The first-order valence-electron chi connectivity index (χ1n) is 17.5. The van der Waals surface area contributed by atoms with Crippen molar-refractivity contribution in [2.45, 2.75) is 94.3 Å². The molecule has 2 aliphatic carbocycles. The number of aromatic nitrogens is 2. The summed E-state index contributed by atoms with van der Waals surface area (Å²) in [6, 6.07) is 4.25. The van der Waals surface area contributed by atoms with Gasteiger partial charge in [0.1, 0.15) is 51.0 Å². The van der Waals surface area contributed by atoms with E-state index in [1.54, 1.807) is 32.0 Å². The minimum atomic E-state index is -3.96. The summed E-state index contributed by atoms with van der Waals surface area (Å²) in [5.74, 6) is -1.27. The Morgan fingerprint density at radius 2 is 1.98 bits per heavy atom. The number of thiazole rings is 1. The number of pyridine rings is 1. The standard InChI is InChI=1S/C36H42ClN5O8S2/c1-20-19-51-32(38-20)25-16-28(24-10-11-27(48-4)29(37)30(24)39-25)50-23-15-26-31(43)40-36(34(45)41-52(46,47)35(3)12-13-35)17-22(36)9-7-5-6-8-14-49-21(2)33(44)42(26)18-23/h7,9-11,16,19,21-23,26H,5-6,8,12-15,17-18H2,1-4H3,(H,40,43)(H,41,45). The van der Waals surface area contributed by atoms with E-state index < -0.39 is 56.3 Å². The van der Waals surface area contributed by atoms with E-state index in [2.05, 4.69) is 15.0 Å². The number of rotatable bonds is 7. The van der Waals surface area contributed by atoms with Gasteiger partial charge < -0.3 is 24.4 Å². The average molecular weight is 772 g/mol. The number of fused-ring (bicyclic) bond motifs is 3. The first-order valence-corrected chi connectivity index (χ1v) is 20.2. The summed E-state index contributed by atoms with van der Waals surface area (Å²) in [6.07, 6.45) is 5.79. The molecule has 3 aromatic rings. The molecule has 2 saturated carbocycles. The number of amides is 3. The van der Waals surface area contributed by atoms with Crippen LogP contribution >= 0.6 is 22.9 Å². The molecule has 4 aliphatic rings. The quantitative estimate of drug-likeness (QED) is 0.322. The normalized spacial score (nSPS) is 27.5. The highest BCUT2D eigenvalue weighted by Gasteiger charge is 2.63. The van der Waals surface area contributed by atoms with Gasteiger partial charge in [-0.25, -0.2) is 18.4 Å². The van der Waals surface area contributed by atoms with E-state index in [0.29, 0.717) is 70.4 Å². The maximum Gasteiger partial charge on any atom is 0.259 e. The first-order chi connectivity index (χ1) is 24.7. The molecule has 3 amide bonds. The second-order valence-electron chi connectivity index (χ2n) is 14.4. The number of ether oxygens (including phenoxy) is 3. The Balaban J connectivity index is 1.21. The summed E-state index contributed by atoms with van der Waals surface area (Å²) in [6.45, 7) is 5.57. The van der Waals surface area contributed by atoms with E-state index in [0.717, 1.165) is 12.1 Å². The van der Waals surface area contributed by atoms with Crippen LogP contribution in [0.1, 0.15) is 64.5 Å². The maximum atomic E-state index is 14.3. The van der Waals surface area contributed by atoms with Gasteiger partial charge in [-0.3, -0.25) is 19.1 Å². The van der Waals surface area contributed by atoms with Gasteiger partial charge in [0, 0.05) is 41.5 Å². The molecule has 13 nitrogen and oxygen atoms in total. The molecular formula is C36H42ClN5O8S2. The fraction of sp³-hybridized carbons (Fsp3) is 0.528. The Morgan fingerprint density at radius 1 is 1.19 bits per heavy atom. The molecule has 0 bridgehead atoms. The number of carbonyl (C=O) groups is 3. The van der Waals surface area contributed by atoms with Crippen LogP contribution in [0, 0.1) is 12.8 Å². The molecule has 4 heterocycles. The van der Waals surface area contributed by atoms with Gasteiger partial charge in [0.15, 0.2) is 0 Å². The van der Waals surface area contributed by atoms with Gasteiger partial charge in [-0.05, 0) is 71.4 Å². The smallest absolute Gasteiger partial charge is 0.259 e. The van der Waals surface area contributed by atoms with Crippen LogP contribution in [0.3, 0.4) is 0 Å². The van der Waals surface area contributed by atoms with Crippen molar-refractivity contribution in [1.29, 1.82) is 0 Å². The number of nitrogens with zero attached hydrogens (tertiary/aromatic N) is 3. The van der Waals surface area contributed by atoms with Gasteiger partial charge in [-0.1, -0.05) is 23.8 Å². The molecule has 16 heteroatoms. The zero-order valence-corrected chi connectivity index (χ0v) is 31.8. The average Bonchev–Trinajstić information content (AvgIpc) is 3.91. The SMILES string of the molecule is COc1ccc2c(OC3CC4C(=O)NC5(C(=O)NS(=O)(=O)C6(C)CC6)CC5C=CCCCCOC(C)C(=O)N4C3)cc(-c3nc(C)cs3)nc2c1Cl. The highest BCUT2D eigenvalue weighted by atomic mass is 35.5. The predicted molar refractivity (Wildman–Crippen MR) is 196 cm³/mol. The molecule has 7 rings (SSSR count). The van der Waals surface area contributed by atoms with Gasteiger partial charge >= 0.3 is 0 Å². The number of methoxy groups -OCH3 is 1. The molecule has 278 valence electrons. The Kier molecular flexibility index (Phi) is 9.76. The lowest BCUT2D eigenvalue weighted by Crippen LogP contribution is -2.57. The number of halogens is 1. The van der Waals surface area contributed by atoms with Crippen molar-refractivity contribution in [1.82, 2.24) is 24.9 Å². The van der Waals surface area contributed by atoms with Crippen LogP contribution in [-0.2, 0) is 29.1 Å². The summed E-state index contributed by atoms with van der Waals surface area (Å²) < 4.78 is 45.4. The summed E-state index contributed by atoms with van der Waals surface area (Å²) in [5, 5.41) is 6.39. The lowest BCUT2D eigenvalue weighted by Gasteiger charge is -2.28. The minimum Gasteiger partial charge on any atom is -0.495 e. The lowest BCUT2D eigenvalue weighted by molar-refractivity contribution is -0.147. The number of nitrogens with one attached hydrogen (secondary N) is 2. The topological polar surface area (TPSA) is 166 Å². The number of hydrogen-bond donors (Lipinski definition) is 2. The van der Waals surface area contributed by atoms with E-state index in [9.17, 15) is 22.8 Å². The minimum absolute atomic E-state index is 0.0548. The van der Waals surface area contributed by atoms with Crippen LogP contribution in [0.4, 0.5) is 0 Å². The highest BCUT2D eigenvalue weighted by molar-refractivity contribution is 7.91. The zero-order chi connectivity index (χ0) is 37.0. The molecule has 2 aliphatic heterocycles. The van der Waals surface area contributed by atoms with Crippen molar-refractivity contribution in [3.05, 3.63) is 46.4 Å². The lowest BCUT2D eigenvalue weighted by atomic mass is 10.1. The third kappa shape index (κ3) is 6.88. The van der Waals surface area contributed by atoms with Gasteiger partial charge in [-0.2, -0.15) is 0 Å². The number of aryl methyl sites for hydroxylation is 1. The van der Waals surface area contributed by atoms with Crippen LogP contribution in [0.15, 0.2) is 35.7 Å². The molecule has 3 fully saturated rings. The van der Waals surface area contributed by atoms with E-state index in [4.69, 9.17) is 30.8 Å². The largest absolute Gasteiger partial charge is 0.495 e. The molecule has 2 N–H and O–H groups in total. The molecule has 1 aromatic carbocycles. The van der Waals surface area contributed by atoms with Crippen LogP contribution in [0.5, 0.6) is 11.5 Å². The van der Waals surface area contributed by atoms with Crippen molar-refractivity contribution in [3.63, 3.8) is 0 Å². The molecule has 5 unspecified atom stereocenters. The number of carbonyl (C=O) groups excluding carboxylic acids is 3. The fourth-order valence-electron chi connectivity index (χ4n) is 6.86. The van der Waals surface area contributed by atoms with Gasteiger partial charge in [0.25, 0.3) is 11.8 Å². The number of hydrogen-bond acceptors (Lipinski definition) is 11. The van der Waals surface area contributed by atoms with Crippen LogP contribution < -0.4 is 19.5 Å². The monoisotopic (exact) mass is 771 g/mol. The Hall–Kier alpha value is -3.79. The van der Waals surface area contributed by atoms with Gasteiger partial charge in [-0.15, -0.1) is 11.3 Å². The molecule has 0 radical (unpaired) electrons. The fourth-order valence-corrected chi connectivity index (χ4v) is 9.21. The summed E-state index contributed by atoms with van der Waals surface area (Å²) in [4.78, 5) is 52.8. The van der Waals surface area contributed by atoms with Gasteiger partial charge in [0.05, 0.1) is 23.9 Å². The summed E-state index contributed by atoms with van der Waals surface area (Å²) in [7, 11) is -2.44. The maximum absolute atomic E-state index is 14.3. The summed E-state index contributed by atoms with van der Waals surface area (Å²) >= 11 is 8.17. The van der Waals surface area contributed by atoms with Crippen LogP contribution in [0.25, 0.3) is 21.6 Å². The van der Waals surface area contributed by atoms with Crippen molar-refractivity contribution in [2.24, 2.45) is 5.92 Å². The molecular weight excluding hydrogens is 730 g/mol. The Morgan fingerprint density at radius 3 is 2.69 bits per heavy atom. The first kappa shape index (κ1) is 36.6. The Labute approximate surface area is 311 Å². The Bertz CT molecular complexity index is 2070. The van der Waals surface area contributed by atoms with Crippen LogP contribution in [0.2, 0.25) is 5.02 Å². The van der Waals surface area contributed by atoms with E-state index in [-0.39, 0.29) is 25.3 Å². The van der Waals surface area contributed by atoms with Crippen molar-refractivity contribution in [2.75, 3.05) is 20.3 Å². The van der Waals surface area contributed by atoms with Crippen molar-refractivity contribution >= 4 is 61.6 Å². The third-order valence-electron chi connectivity index (χ3n) is 10.5. The van der Waals surface area contributed by atoms with Gasteiger partial charge in [0.2, 0.25) is 15.9 Å². The van der Waals surface area contributed by atoms with E-state index in [1.807, 2.05) is 24.5 Å².